The standard InChI is InChI=1S/C11H16N2O/c1-11(2,12)8-3-4-9-10(7-8)14-6-5-13-9/h3-4,7,13H,5-6,12H2,1-2H3. The molecule has 14 heavy (non-hydrogen) atoms. The summed E-state index contributed by atoms with van der Waals surface area (Å²) in [6.45, 7) is 5.58. The number of ether oxygens (including phenoxy) is 1. The molecule has 0 atom stereocenters. The second kappa shape index (κ2) is 3.17. The van der Waals surface area contributed by atoms with E-state index in [-0.39, 0.29) is 5.54 Å². The third-order valence-electron chi connectivity index (χ3n) is 2.40. The van der Waals surface area contributed by atoms with Crippen molar-refractivity contribution in [3.63, 3.8) is 0 Å². The van der Waals surface area contributed by atoms with E-state index in [0.29, 0.717) is 0 Å². The van der Waals surface area contributed by atoms with Gasteiger partial charge in [0.25, 0.3) is 0 Å². The molecule has 2 rings (SSSR count). The molecule has 0 fully saturated rings. The van der Waals surface area contributed by atoms with E-state index in [4.69, 9.17) is 10.5 Å². The number of fused-ring (bicyclic) bond motifs is 1. The van der Waals surface area contributed by atoms with Gasteiger partial charge in [0.1, 0.15) is 12.4 Å². The van der Waals surface area contributed by atoms with Crippen molar-refractivity contribution in [3.8, 4) is 5.75 Å². The first-order valence-corrected chi connectivity index (χ1v) is 4.87. The summed E-state index contributed by atoms with van der Waals surface area (Å²) in [7, 11) is 0. The number of hydrogen-bond donors (Lipinski definition) is 2. The van der Waals surface area contributed by atoms with Crippen LogP contribution in [0.3, 0.4) is 0 Å². The Morgan fingerprint density at radius 3 is 2.93 bits per heavy atom. The van der Waals surface area contributed by atoms with Gasteiger partial charge in [0.15, 0.2) is 0 Å². The Morgan fingerprint density at radius 2 is 2.21 bits per heavy atom. The van der Waals surface area contributed by atoms with Gasteiger partial charge in [-0.05, 0) is 31.5 Å². The molecule has 1 aliphatic heterocycles. The Bertz CT molecular complexity index is 342. The minimum absolute atomic E-state index is 0.310. The Kier molecular flexibility index (Phi) is 2.11. The van der Waals surface area contributed by atoms with Crippen molar-refractivity contribution in [3.05, 3.63) is 23.8 Å². The molecule has 1 aromatic carbocycles. The lowest BCUT2D eigenvalue weighted by atomic mass is 9.95. The zero-order valence-electron chi connectivity index (χ0n) is 8.63. The first-order chi connectivity index (χ1) is 6.57. The minimum atomic E-state index is -0.310. The molecule has 0 spiro atoms. The van der Waals surface area contributed by atoms with Crippen LogP contribution in [0.15, 0.2) is 18.2 Å². The zero-order valence-corrected chi connectivity index (χ0v) is 8.63. The second-order valence-corrected chi connectivity index (χ2v) is 4.21. The normalized spacial score (nSPS) is 15.4. The molecular weight excluding hydrogens is 176 g/mol. The third kappa shape index (κ3) is 1.68. The first-order valence-electron chi connectivity index (χ1n) is 4.87. The van der Waals surface area contributed by atoms with Crippen LogP contribution in [0.2, 0.25) is 0 Å². The summed E-state index contributed by atoms with van der Waals surface area (Å²) in [5, 5.41) is 3.28. The molecule has 76 valence electrons. The molecule has 0 saturated heterocycles. The van der Waals surface area contributed by atoms with E-state index in [2.05, 4.69) is 5.32 Å². The number of anilines is 1. The fourth-order valence-corrected chi connectivity index (χ4v) is 1.54. The van der Waals surface area contributed by atoms with Crippen LogP contribution in [-0.4, -0.2) is 13.2 Å². The minimum Gasteiger partial charge on any atom is -0.490 e. The smallest absolute Gasteiger partial charge is 0.142 e. The van der Waals surface area contributed by atoms with Crippen molar-refractivity contribution in [1.82, 2.24) is 0 Å². The average Bonchev–Trinajstić information content (AvgIpc) is 2.16. The molecule has 3 N–H and O–H groups in total. The lowest BCUT2D eigenvalue weighted by Crippen LogP contribution is -2.29. The zero-order chi connectivity index (χ0) is 10.2. The Balaban J connectivity index is 2.39. The SMILES string of the molecule is CC(C)(N)c1ccc2c(c1)OCCN2. The Morgan fingerprint density at radius 1 is 1.43 bits per heavy atom. The van der Waals surface area contributed by atoms with Crippen LogP contribution >= 0.6 is 0 Å². The van der Waals surface area contributed by atoms with E-state index >= 15 is 0 Å². The van der Waals surface area contributed by atoms with E-state index in [0.717, 1.165) is 30.2 Å². The van der Waals surface area contributed by atoms with Crippen LogP contribution < -0.4 is 15.8 Å². The van der Waals surface area contributed by atoms with Gasteiger partial charge in [-0.25, -0.2) is 0 Å². The number of rotatable bonds is 1. The van der Waals surface area contributed by atoms with Crippen molar-refractivity contribution in [2.75, 3.05) is 18.5 Å². The molecule has 0 bridgehead atoms. The first kappa shape index (κ1) is 9.34. The van der Waals surface area contributed by atoms with Crippen LogP contribution in [0.25, 0.3) is 0 Å². The summed E-state index contributed by atoms with van der Waals surface area (Å²) < 4.78 is 5.54. The molecule has 3 heteroatoms. The average molecular weight is 192 g/mol. The monoisotopic (exact) mass is 192 g/mol. The molecule has 3 nitrogen and oxygen atoms in total. The van der Waals surface area contributed by atoms with E-state index in [1.165, 1.54) is 0 Å². The summed E-state index contributed by atoms with van der Waals surface area (Å²) in [5.41, 5.74) is 7.86. The molecular formula is C11H16N2O. The van der Waals surface area contributed by atoms with Gasteiger partial charge in [0.05, 0.1) is 5.69 Å². The highest BCUT2D eigenvalue weighted by molar-refractivity contribution is 5.59. The summed E-state index contributed by atoms with van der Waals surface area (Å²) in [4.78, 5) is 0. The van der Waals surface area contributed by atoms with Gasteiger partial charge in [-0.1, -0.05) is 6.07 Å². The quantitative estimate of drug-likeness (QED) is 0.711. The highest BCUT2D eigenvalue weighted by Crippen LogP contribution is 2.31. The highest BCUT2D eigenvalue weighted by atomic mass is 16.5. The summed E-state index contributed by atoms with van der Waals surface area (Å²) in [6.07, 6.45) is 0. The lowest BCUT2D eigenvalue weighted by Gasteiger charge is -2.24. The van der Waals surface area contributed by atoms with Gasteiger partial charge in [0, 0.05) is 12.1 Å². The molecule has 0 radical (unpaired) electrons. The fraction of sp³-hybridized carbons (Fsp3) is 0.455. The summed E-state index contributed by atoms with van der Waals surface area (Å²) in [6, 6.07) is 6.08. The second-order valence-electron chi connectivity index (χ2n) is 4.21. The molecule has 0 saturated carbocycles. The van der Waals surface area contributed by atoms with Crippen LogP contribution in [-0.2, 0) is 5.54 Å². The van der Waals surface area contributed by atoms with Gasteiger partial charge in [-0.2, -0.15) is 0 Å². The predicted octanol–water partition coefficient (Wildman–Crippen LogP) is 1.68. The molecule has 0 aliphatic carbocycles. The molecule has 0 amide bonds. The maximum Gasteiger partial charge on any atom is 0.142 e. The van der Waals surface area contributed by atoms with Crippen molar-refractivity contribution in [1.29, 1.82) is 0 Å². The van der Waals surface area contributed by atoms with Gasteiger partial charge >= 0.3 is 0 Å². The number of nitrogens with one attached hydrogen (secondary N) is 1. The summed E-state index contributed by atoms with van der Waals surface area (Å²) >= 11 is 0. The van der Waals surface area contributed by atoms with Crippen LogP contribution in [0.5, 0.6) is 5.75 Å². The van der Waals surface area contributed by atoms with Crippen molar-refractivity contribution in [2.24, 2.45) is 5.73 Å². The Labute approximate surface area is 84.3 Å². The maximum atomic E-state index is 6.01. The topological polar surface area (TPSA) is 47.3 Å². The van der Waals surface area contributed by atoms with Gasteiger partial charge in [-0.15, -0.1) is 0 Å². The lowest BCUT2D eigenvalue weighted by molar-refractivity contribution is 0.322. The largest absolute Gasteiger partial charge is 0.490 e. The van der Waals surface area contributed by atoms with E-state index in [1.54, 1.807) is 0 Å². The molecule has 1 heterocycles. The molecule has 0 aromatic heterocycles. The summed E-state index contributed by atoms with van der Waals surface area (Å²) in [5.74, 6) is 0.910. The van der Waals surface area contributed by atoms with E-state index < -0.39 is 0 Å². The molecule has 1 aromatic rings. The fourth-order valence-electron chi connectivity index (χ4n) is 1.54. The van der Waals surface area contributed by atoms with Crippen molar-refractivity contribution in [2.45, 2.75) is 19.4 Å². The van der Waals surface area contributed by atoms with Gasteiger partial charge < -0.3 is 15.8 Å². The number of benzene rings is 1. The number of nitrogens with two attached hydrogens (primary N) is 1. The van der Waals surface area contributed by atoms with Crippen molar-refractivity contribution >= 4 is 5.69 Å². The molecule has 1 aliphatic rings. The third-order valence-corrected chi connectivity index (χ3v) is 2.40. The van der Waals surface area contributed by atoms with Crippen molar-refractivity contribution < 1.29 is 4.74 Å². The van der Waals surface area contributed by atoms with E-state index in [9.17, 15) is 0 Å². The number of hydrogen-bond acceptors (Lipinski definition) is 3. The van der Waals surface area contributed by atoms with Crippen LogP contribution in [0, 0.1) is 0 Å². The highest BCUT2D eigenvalue weighted by Gasteiger charge is 2.17. The maximum absolute atomic E-state index is 6.01. The van der Waals surface area contributed by atoms with Crippen LogP contribution in [0.1, 0.15) is 19.4 Å². The van der Waals surface area contributed by atoms with Gasteiger partial charge in [0.2, 0.25) is 0 Å². The van der Waals surface area contributed by atoms with Gasteiger partial charge in [-0.3, -0.25) is 0 Å². The van der Waals surface area contributed by atoms with E-state index in [1.807, 2.05) is 32.0 Å². The predicted molar refractivity (Wildman–Crippen MR) is 57.6 cm³/mol. The van der Waals surface area contributed by atoms with Crippen LogP contribution in [0.4, 0.5) is 5.69 Å². The molecule has 0 unspecified atom stereocenters. The Hall–Kier alpha value is -1.22.